The van der Waals surface area contributed by atoms with E-state index in [0.29, 0.717) is 6.42 Å². The first-order chi connectivity index (χ1) is 12.1. The standard InChI is InChI=1S/C24H44O.4H2O.Ti/c1-5-7-8-9-10-11-12-13-14-15-16-17-18-19-20-21-24(25)23(6-2)22(3)4;;;;;/h6,23H,2-3,5,7-21H2,1,4H3;4*1H2;/p-4. The number of hydrogen-bond donors (Lipinski definition) is 0. The molecule has 0 rings (SSSR count). The number of ketones is 1. The summed E-state index contributed by atoms with van der Waals surface area (Å²) in [7, 11) is 0. The Morgan fingerprint density at radius 2 is 1.00 bits per heavy atom. The predicted molar refractivity (Wildman–Crippen MR) is 121 cm³/mol. The van der Waals surface area contributed by atoms with Crippen LogP contribution in [0.5, 0.6) is 0 Å². The van der Waals surface area contributed by atoms with Crippen molar-refractivity contribution in [3.8, 4) is 0 Å². The third kappa shape index (κ3) is 27.7. The molecule has 30 heavy (non-hydrogen) atoms. The molecule has 0 amide bonds. The fourth-order valence-electron chi connectivity index (χ4n) is 3.43. The van der Waals surface area contributed by atoms with Crippen molar-refractivity contribution >= 4 is 5.78 Å². The third-order valence-electron chi connectivity index (χ3n) is 5.14. The van der Waals surface area contributed by atoms with Crippen molar-refractivity contribution in [2.75, 3.05) is 0 Å². The van der Waals surface area contributed by atoms with Crippen LogP contribution in [-0.4, -0.2) is 27.7 Å². The molecule has 5 nitrogen and oxygen atoms in total. The third-order valence-corrected chi connectivity index (χ3v) is 5.14. The SMILES string of the molecule is C=CC(C(=C)C)C(=O)CCCCCCCCCCCCCCCCC.[OH-].[OH-].[OH-].[OH-].[Ti]. The van der Waals surface area contributed by atoms with Crippen molar-refractivity contribution in [3.63, 3.8) is 0 Å². The van der Waals surface area contributed by atoms with Gasteiger partial charge >= 0.3 is 0 Å². The Kier molecular flexibility index (Phi) is 48.4. The average molecular weight is 465 g/mol. The number of carbonyl (C=O) groups is 1. The van der Waals surface area contributed by atoms with Crippen molar-refractivity contribution in [3.05, 3.63) is 24.8 Å². The second-order valence-corrected chi connectivity index (χ2v) is 7.73. The van der Waals surface area contributed by atoms with Crippen LogP contribution >= 0.6 is 0 Å². The zero-order chi connectivity index (χ0) is 18.8. The number of rotatable bonds is 19. The topological polar surface area (TPSA) is 137 Å². The molecule has 0 bridgehead atoms. The van der Waals surface area contributed by atoms with Crippen molar-refractivity contribution in [2.24, 2.45) is 5.92 Å². The molecule has 0 radical (unpaired) electrons. The second kappa shape index (κ2) is 33.3. The fourth-order valence-corrected chi connectivity index (χ4v) is 3.43. The van der Waals surface area contributed by atoms with Gasteiger partial charge in [-0.15, -0.1) is 6.58 Å². The van der Waals surface area contributed by atoms with E-state index in [-0.39, 0.29) is 55.3 Å². The zero-order valence-electron chi connectivity index (χ0n) is 19.6. The molecule has 0 aliphatic rings. The molecule has 1 atom stereocenters. The molecular formula is C24H48O5Ti-4. The quantitative estimate of drug-likeness (QED) is 0.111. The number of Topliss-reactive ketones (excluding diaryl/α,β-unsaturated/α-hetero) is 1. The Balaban J connectivity index is -0.000000288. The smallest absolute Gasteiger partial charge is 0.143 e. The Labute approximate surface area is 201 Å². The van der Waals surface area contributed by atoms with E-state index in [9.17, 15) is 4.79 Å². The van der Waals surface area contributed by atoms with Gasteiger partial charge in [0.25, 0.3) is 0 Å². The van der Waals surface area contributed by atoms with E-state index in [4.69, 9.17) is 0 Å². The van der Waals surface area contributed by atoms with Crippen LogP contribution in [0.4, 0.5) is 0 Å². The summed E-state index contributed by atoms with van der Waals surface area (Å²) in [5.41, 5.74) is 0.918. The van der Waals surface area contributed by atoms with Gasteiger partial charge in [0.05, 0.1) is 5.92 Å². The normalized spacial score (nSPS) is 10.1. The minimum Gasteiger partial charge on any atom is -0.870 e. The van der Waals surface area contributed by atoms with Crippen LogP contribution in [0.3, 0.4) is 0 Å². The van der Waals surface area contributed by atoms with E-state index in [2.05, 4.69) is 20.1 Å². The van der Waals surface area contributed by atoms with Crippen molar-refractivity contribution in [2.45, 2.75) is 117 Å². The van der Waals surface area contributed by atoms with E-state index < -0.39 is 0 Å². The summed E-state index contributed by atoms with van der Waals surface area (Å²) in [6.07, 6.45) is 22.8. The Morgan fingerprint density at radius 3 is 1.27 bits per heavy atom. The monoisotopic (exact) mass is 464 g/mol. The van der Waals surface area contributed by atoms with Gasteiger partial charge in [-0.2, -0.15) is 0 Å². The van der Waals surface area contributed by atoms with Gasteiger partial charge in [-0.3, -0.25) is 4.79 Å². The first-order valence-corrected chi connectivity index (χ1v) is 10.9. The molecule has 0 saturated carbocycles. The molecule has 0 saturated heterocycles. The van der Waals surface area contributed by atoms with E-state index in [1.165, 1.54) is 89.9 Å². The molecule has 0 fully saturated rings. The summed E-state index contributed by atoms with van der Waals surface area (Å²) in [5, 5.41) is 0. The summed E-state index contributed by atoms with van der Waals surface area (Å²) < 4.78 is 0. The average Bonchev–Trinajstić information content (AvgIpc) is 2.58. The van der Waals surface area contributed by atoms with Gasteiger partial charge in [0.1, 0.15) is 5.78 Å². The van der Waals surface area contributed by atoms with Crippen LogP contribution in [0.25, 0.3) is 0 Å². The summed E-state index contributed by atoms with van der Waals surface area (Å²) in [5.74, 6) is 0.156. The fraction of sp³-hybridized carbons (Fsp3) is 0.792. The minimum atomic E-state index is -0.133. The predicted octanol–water partition coefficient (Wildman–Crippen LogP) is 7.49. The molecule has 0 aromatic carbocycles. The van der Waals surface area contributed by atoms with E-state index in [0.717, 1.165) is 12.0 Å². The van der Waals surface area contributed by atoms with E-state index >= 15 is 0 Å². The molecular weight excluding hydrogens is 416 g/mol. The molecule has 0 spiro atoms. The van der Waals surface area contributed by atoms with Crippen LogP contribution < -0.4 is 0 Å². The molecule has 0 aliphatic heterocycles. The summed E-state index contributed by atoms with van der Waals surface area (Å²) >= 11 is 0. The second-order valence-electron chi connectivity index (χ2n) is 7.73. The molecule has 0 aromatic rings. The van der Waals surface area contributed by atoms with E-state index in [1.807, 2.05) is 6.92 Å². The minimum absolute atomic E-state index is 0. The molecule has 6 heteroatoms. The molecule has 0 aromatic heterocycles. The van der Waals surface area contributed by atoms with Crippen molar-refractivity contribution < 1.29 is 48.4 Å². The summed E-state index contributed by atoms with van der Waals surface area (Å²) in [4.78, 5) is 12.0. The van der Waals surface area contributed by atoms with Crippen LogP contribution in [-0.2, 0) is 26.5 Å². The van der Waals surface area contributed by atoms with Gasteiger partial charge in [-0.1, -0.05) is 115 Å². The van der Waals surface area contributed by atoms with Gasteiger partial charge in [0.15, 0.2) is 0 Å². The maximum Gasteiger partial charge on any atom is 0.143 e. The van der Waals surface area contributed by atoms with Gasteiger partial charge in [-0.05, 0) is 13.3 Å². The van der Waals surface area contributed by atoms with Gasteiger partial charge in [0.2, 0.25) is 0 Å². The van der Waals surface area contributed by atoms with Crippen LogP contribution in [0.2, 0.25) is 0 Å². The summed E-state index contributed by atoms with van der Waals surface area (Å²) in [6.45, 7) is 11.8. The number of carbonyl (C=O) groups excluding carboxylic acids is 1. The first-order valence-electron chi connectivity index (χ1n) is 10.9. The number of unbranched alkanes of at least 4 members (excludes halogenated alkanes) is 14. The van der Waals surface area contributed by atoms with Crippen LogP contribution in [0.15, 0.2) is 24.8 Å². The maximum atomic E-state index is 12.0. The Morgan fingerprint density at radius 1 is 0.700 bits per heavy atom. The van der Waals surface area contributed by atoms with Crippen LogP contribution in [0.1, 0.15) is 117 Å². The largest absolute Gasteiger partial charge is 0.870 e. The maximum absolute atomic E-state index is 12.0. The van der Waals surface area contributed by atoms with Gasteiger partial charge in [-0.25, -0.2) is 0 Å². The van der Waals surface area contributed by atoms with Crippen molar-refractivity contribution in [1.29, 1.82) is 0 Å². The van der Waals surface area contributed by atoms with Gasteiger partial charge in [0, 0.05) is 28.1 Å². The Hall–Kier alpha value is -0.296. The summed E-state index contributed by atoms with van der Waals surface area (Å²) in [6, 6.07) is 0. The molecule has 0 aliphatic carbocycles. The molecule has 4 N–H and O–H groups in total. The van der Waals surface area contributed by atoms with Crippen molar-refractivity contribution in [1.82, 2.24) is 0 Å². The molecule has 182 valence electrons. The Bertz CT molecular complexity index is 362. The molecule has 1 unspecified atom stereocenters. The first kappa shape index (κ1) is 43.6. The van der Waals surface area contributed by atoms with Gasteiger partial charge < -0.3 is 21.9 Å². The number of allylic oxidation sites excluding steroid dienone is 2. The van der Waals surface area contributed by atoms with E-state index in [1.54, 1.807) is 6.08 Å². The van der Waals surface area contributed by atoms with Crippen LogP contribution in [0, 0.1) is 5.92 Å². The zero-order valence-corrected chi connectivity index (χ0v) is 21.1. The number of hydrogen-bond acceptors (Lipinski definition) is 5. The molecule has 0 heterocycles.